The van der Waals surface area contributed by atoms with Gasteiger partial charge in [-0.25, -0.2) is 14.4 Å². The van der Waals surface area contributed by atoms with Gasteiger partial charge in [-0.2, -0.15) is 5.26 Å². The van der Waals surface area contributed by atoms with Crippen LogP contribution in [0.5, 0.6) is 0 Å². The second kappa shape index (κ2) is 6.16. The number of thioether (sulfide) groups is 1. The predicted octanol–water partition coefficient (Wildman–Crippen LogP) is 2.82. The summed E-state index contributed by atoms with van der Waals surface area (Å²) in [6, 6.07) is 8.36. The maximum absolute atomic E-state index is 13.0. The molecule has 0 aliphatic heterocycles. The molecule has 6 heteroatoms. The number of anilines is 1. The highest BCUT2D eigenvalue weighted by Gasteiger charge is 2.09. The molecule has 0 amide bonds. The quantitative estimate of drug-likeness (QED) is 0.686. The van der Waals surface area contributed by atoms with Crippen LogP contribution in [0.3, 0.4) is 0 Å². The highest BCUT2D eigenvalue weighted by atomic mass is 32.2. The summed E-state index contributed by atoms with van der Waals surface area (Å²) in [5.41, 5.74) is 1.19. The SMILES string of the molecule is CSc1ncnc(NCc2cccc(F)c2)c1C#N. The van der Waals surface area contributed by atoms with E-state index in [1.165, 1.54) is 30.2 Å². The molecule has 0 unspecified atom stereocenters. The third-order valence-electron chi connectivity index (χ3n) is 2.47. The lowest BCUT2D eigenvalue weighted by molar-refractivity contribution is 0.626. The Balaban J connectivity index is 2.18. The first-order chi connectivity index (χ1) is 9.24. The van der Waals surface area contributed by atoms with Crippen molar-refractivity contribution in [2.75, 3.05) is 11.6 Å². The van der Waals surface area contributed by atoms with Gasteiger partial charge < -0.3 is 5.32 Å². The summed E-state index contributed by atoms with van der Waals surface area (Å²) in [6.45, 7) is 0.400. The van der Waals surface area contributed by atoms with Crippen molar-refractivity contribution in [3.05, 3.63) is 47.5 Å². The van der Waals surface area contributed by atoms with Crippen molar-refractivity contribution in [1.82, 2.24) is 9.97 Å². The highest BCUT2D eigenvalue weighted by Crippen LogP contribution is 2.22. The zero-order chi connectivity index (χ0) is 13.7. The fourth-order valence-electron chi connectivity index (χ4n) is 1.59. The van der Waals surface area contributed by atoms with E-state index in [1.54, 1.807) is 12.1 Å². The number of aromatic nitrogens is 2. The van der Waals surface area contributed by atoms with E-state index >= 15 is 0 Å². The maximum Gasteiger partial charge on any atom is 0.148 e. The smallest absolute Gasteiger partial charge is 0.148 e. The van der Waals surface area contributed by atoms with Gasteiger partial charge in [-0.3, -0.25) is 0 Å². The van der Waals surface area contributed by atoms with Crippen LogP contribution in [-0.4, -0.2) is 16.2 Å². The molecule has 0 atom stereocenters. The molecule has 2 aromatic rings. The molecule has 19 heavy (non-hydrogen) atoms. The van der Waals surface area contributed by atoms with E-state index in [-0.39, 0.29) is 5.82 Å². The fourth-order valence-corrected chi connectivity index (χ4v) is 2.09. The number of nitrogens with zero attached hydrogens (tertiary/aromatic N) is 3. The Labute approximate surface area is 114 Å². The van der Waals surface area contributed by atoms with Crippen molar-refractivity contribution in [1.29, 1.82) is 5.26 Å². The van der Waals surface area contributed by atoms with Gasteiger partial charge in [0.05, 0.1) is 0 Å². The molecule has 4 nitrogen and oxygen atoms in total. The van der Waals surface area contributed by atoms with Crippen molar-refractivity contribution in [3.8, 4) is 6.07 Å². The molecule has 2 rings (SSSR count). The molecule has 1 N–H and O–H groups in total. The van der Waals surface area contributed by atoms with Gasteiger partial charge in [-0.05, 0) is 24.0 Å². The van der Waals surface area contributed by atoms with Crippen LogP contribution < -0.4 is 5.32 Å². The molecule has 1 aromatic heterocycles. The van der Waals surface area contributed by atoms with Crippen LogP contribution in [0.4, 0.5) is 10.2 Å². The molecule has 0 aliphatic carbocycles. The number of halogens is 1. The van der Waals surface area contributed by atoms with Crippen LogP contribution in [0.2, 0.25) is 0 Å². The van der Waals surface area contributed by atoms with Crippen LogP contribution in [0.25, 0.3) is 0 Å². The Morgan fingerprint density at radius 1 is 1.42 bits per heavy atom. The molecular weight excluding hydrogens is 263 g/mol. The lowest BCUT2D eigenvalue weighted by Crippen LogP contribution is -2.05. The van der Waals surface area contributed by atoms with Gasteiger partial charge >= 0.3 is 0 Å². The summed E-state index contributed by atoms with van der Waals surface area (Å²) in [5, 5.41) is 12.8. The van der Waals surface area contributed by atoms with Crippen LogP contribution >= 0.6 is 11.8 Å². The van der Waals surface area contributed by atoms with Crippen LogP contribution in [0, 0.1) is 17.1 Å². The van der Waals surface area contributed by atoms with Crippen molar-refractivity contribution >= 4 is 17.6 Å². The van der Waals surface area contributed by atoms with Crippen LogP contribution in [-0.2, 0) is 6.54 Å². The molecule has 1 heterocycles. The summed E-state index contributed by atoms with van der Waals surface area (Å²) in [5.74, 6) is 0.179. The lowest BCUT2D eigenvalue weighted by Gasteiger charge is -2.08. The second-order valence-corrected chi connectivity index (χ2v) is 4.50. The monoisotopic (exact) mass is 274 g/mol. The number of nitriles is 1. The Kier molecular flexibility index (Phi) is 4.31. The van der Waals surface area contributed by atoms with E-state index in [2.05, 4.69) is 21.4 Å². The van der Waals surface area contributed by atoms with E-state index in [1.807, 2.05) is 6.26 Å². The fraction of sp³-hybridized carbons (Fsp3) is 0.154. The molecular formula is C13H11FN4S. The van der Waals surface area contributed by atoms with Crippen molar-refractivity contribution in [3.63, 3.8) is 0 Å². The molecule has 0 radical (unpaired) electrons. The largest absolute Gasteiger partial charge is 0.365 e. The van der Waals surface area contributed by atoms with Gasteiger partial charge in [-0.15, -0.1) is 11.8 Å². The molecule has 0 saturated carbocycles. The zero-order valence-electron chi connectivity index (χ0n) is 10.2. The standard InChI is InChI=1S/C13H11FN4S/c1-19-13-11(6-15)12(17-8-18-13)16-7-9-3-2-4-10(14)5-9/h2-5,8H,7H2,1H3,(H,16,17,18). The zero-order valence-corrected chi connectivity index (χ0v) is 11.0. The maximum atomic E-state index is 13.0. The number of hydrogen-bond donors (Lipinski definition) is 1. The third-order valence-corrected chi connectivity index (χ3v) is 3.16. The Bertz CT molecular complexity index is 624. The van der Waals surface area contributed by atoms with Crippen LogP contribution in [0.15, 0.2) is 35.6 Å². The molecule has 1 aromatic carbocycles. The number of hydrogen-bond acceptors (Lipinski definition) is 5. The molecule has 0 fully saturated rings. The van der Waals surface area contributed by atoms with Gasteiger partial charge in [0, 0.05) is 6.54 Å². The van der Waals surface area contributed by atoms with E-state index in [4.69, 9.17) is 5.26 Å². The minimum absolute atomic E-state index is 0.285. The number of rotatable bonds is 4. The van der Waals surface area contributed by atoms with Gasteiger partial charge in [-0.1, -0.05) is 12.1 Å². The first-order valence-electron chi connectivity index (χ1n) is 5.52. The normalized spacial score (nSPS) is 9.95. The molecule has 96 valence electrons. The summed E-state index contributed by atoms with van der Waals surface area (Å²) in [4.78, 5) is 8.07. The summed E-state index contributed by atoms with van der Waals surface area (Å²) < 4.78 is 13.0. The van der Waals surface area contributed by atoms with Gasteiger partial charge in [0.1, 0.15) is 34.6 Å². The topological polar surface area (TPSA) is 61.6 Å². The molecule has 0 spiro atoms. The first kappa shape index (κ1) is 13.3. The van der Waals surface area contributed by atoms with Crippen molar-refractivity contribution in [2.45, 2.75) is 11.6 Å². The summed E-state index contributed by atoms with van der Waals surface area (Å²) in [7, 11) is 0. The Morgan fingerprint density at radius 3 is 2.95 bits per heavy atom. The average Bonchev–Trinajstić information content (AvgIpc) is 2.44. The Morgan fingerprint density at radius 2 is 2.26 bits per heavy atom. The van der Waals surface area contributed by atoms with Gasteiger partial charge in [0.25, 0.3) is 0 Å². The Hall–Kier alpha value is -2.13. The van der Waals surface area contributed by atoms with Crippen molar-refractivity contribution in [2.24, 2.45) is 0 Å². The minimum Gasteiger partial charge on any atom is -0.365 e. The third kappa shape index (κ3) is 3.20. The van der Waals surface area contributed by atoms with Gasteiger partial charge in [0.2, 0.25) is 0 Å². The highest BCUT2D eigenvalue weighted by molar-refractivity contribution is 7.98. The van der Waals surface area contributed by atoms with Gasteiger partial charge in [0.15, 0.2) is 0 Å². The molecule has 0 bridgehead atoms. The predicted molar refractivity (Wildman–Crippen MR) is 72.3 cm³/mol. The molecule has 0 aliphatic rings. The lowest BCUT2D eigenvalue weighted by atomic mass is 10.2. The van der Waals surface area contributed by atoms with E-state index in [0.717, 1.165) is 5.56 Å². The van der Waals surface area contributed by atoms with Crippen molar-refractivity contribution < 1.29 is 4.39 Å². The van der Waals surface area contributed by atoms with E-state index < -0.39 is 0 Å². The van der Waals surface area contributed by atoms with E-state index in [9.17, 15) is 4.39 Å². The van der Waals surface area contributed by atoms with E-state index in [0.29, 0.717) is 23.0 Å². The number of nitrogens with one attached hydrogen (secondary N) is 1. The molecule has 0 saturated heterocycles. The second-order valence-electron chi connectivity index (χ2n) is 3.70. The average molecular weight is 274 g/mol. The first-order valence-corrected chi connectivity index (χ1v) is 6.74. The summed E-state index contributed by atoms with van der Waals surface area (Å²) in [6.07, 6.45) is 3.25. The van der Waals surface area contributed by atoms with Crippen LogP contribution in [0.1, 0.15) is 11.1 Å². The number of benzene rings is 1. The summed E-state index contributed by atoms with van der Waals surface area (Å²) >= 11 is 1.38. The minimum atomic E-state index is -0.285.